The molecule has 0 aromatic heterocycles. The maximum absolute atomic E-state index is 5.27. The molecule has 0 rings (SSSR count). The lowest BCUT2D eigenvalue weighted by molar-refractivity contribution is 0.254. The molecule has 136 valence electrons. The summed E-state index contributed by atoms with van der Waals surface area (Å²) in [5.41, 5.74) is 10.5. The smallest absolute Gasteiger partial charge is 0.0107 e. The Morgan fingerprint density at radius 2 is 0.955 bits per heavy atom. The Labute approximate surface area is 138 Å². The van der Waals surface area contributed by atoms with Crippen molar-refractivity contribution >= 4 is 0 Å². The SMILES string of the molecule is CN(C)CCN(C)CCN(C)C.NCCNCCNCCN. The first-order chi connectivity index (χ1) is 10.4. The predicted octanol–water partition coefficient (Wildman–Crippen LogP) is -1.88. The summed E-state index contributed by atoms with van der Waals surface area (Å²) in [5, 5.41) is 6.33. The molecule has 0 radical (unpaired) electrons. The molecule has 0 bridgehead atoms. The van der Waals surface area contributed by atoms with Crippen molar-refractivity contribution in [2.24, 2.45) is 11.5 Å². The van der Waals surface area contributed by atoms with Gasteiger partial charge in [0.1, 0.15) is 0 Å². The average molecular weight is 320 g/mol. The number of hydrogen-bond donors (Lipinski definition) is 4. The number of nitrogens with zero attached hydrogens (tertiary/aromatic N) is 3. The van der Waals surface area contributed by atoms with Crippen molar-refractivity contribution in [3.05, 3.63) is 0 Å². The Bertz CT molecular complexity index is 180. The van der Waals surface area contributed by atoms with Crippen molar-refractivity contribution < 1.29 is 0 Å². The fourth-order valence-electron chi connectivity index (χ4n) is 1.48. The molecule has 0 spiro atoms. The molecule has 7 heteroatoms. The standard InChI is InChI=1S/C9H23N3.C6H18N4/c1-10(2)6-8-12(5)9-7-11(3)4;7-1-3-9-5-6-10-4-2-8/h6-9H2,1-5H3;9-10H,1-8H2. The molecule has 0 aliphatic heterocycles. The Kier molecular flexibility index (Phi) is 20.5. The molecule has 0 fully saturated rings. The highest BCUT2D eigenvalue weighted by Gasteiger charge is 1.99. The van der Waals surface area contributed by atoms with Gasteiger partial charge in [0.15, 0.2) is 0 Å². The fourth-order valence-corrected chi connectivity index (χ4v) is 1.48. The van der Waals surface area contributed by atoms with E-state index in [4.69, 9.17) is 11.5 Å². The average Bonchev–Trinajstić information content (AvgIpc) is 2.47. The van der Waals surface area contributed by atoms with Crippen LogP contribution in [0.1, 0.15) is 0 Å². The quantitative estimate of drug-likeness (QED) is 0.296. The van der Waals surface area contributed by atoms with Gasteiger partial charge in [0.2, 0.25) is 0 Å². The van der Waals surface area contributed by atoms with E-state index < -0.39 is 0 Å². The third-order valence-corrected chi connectivity index (χ3v) is 2.98. The summed E-state index contributed by atoms with van der Waals surface area (Å²) in [7, 11) is 10.6. The van der Waals surface area contributed by atoms with Crippen LogP contribution >= 0.6 is 0 Å². The lowest BCUT2D eigenvalue weighted by atomic mass is 10.4. The monoisotopic (exact) mass is 319 g/mol. The lowest BCUT2D eigenvalue weighted by Crippen LogP contribution is -2.33. The molecular weight excluding hydrogens is 278 g/mol. The Morgan fingerprint density at radius 3 is 1.23 bits per heavy atom. The molecule has 0 heterocycles. The summed E-state index contributed by atoms with van der Waals surface area (Å²) in [5.74, 6) is 0. The van der Waals surface area contributed by atoms with Crippen LogP contribution in [0.15, 0.2) is 0 Å². The van der Waals surface area contributed by atoms with E-state index in [1.165, 1.54) is 0 Å². The minimum Gasteiger partial charge on any atom is -0.329 e. The molecule has 7 nitrogen and oxygen atoms in total. The van der Waals surface area contributed by atoms with Crippen LogP contribution in [0.5, 0.6) is 0 Å². The van der Waals surface area contributed by atoms with Crippen LogP contribution in [-0.2, 0) is 0 Å². The van der Waals surface area contributed by atoms with Gasteiger partial charge in [-0.1, -0.05) is 0 Å². The van der Waals surface area contributed by atoms with Crippen LogP contribution < -0.4 is 22.1 Å². The first-order valence-corrected chi connectivity index (χ1v) is 8.23. The molecule has 0 saturated heterocycles. The van der Waals surface area contributed by atoms with E-state index in [0.29, 0.717) is 13.1 Å². The Balaban J connectivity index is 0. The molecule has 0 aliphatic rings. The number of nitrogens with one attached hydrogen (secondary N) is 2. The van der Waals surface area contributed by atoms with E-state index in [9.17, 15) is 0 Å². The zero-order valence-electron chi connectivity index (χ0n) is 15.6. The first-order valence-electron chi connectivity index (χ1n) is 8.23. The summed E-state index contributed by atoms with van der Waals surface area (Å²) in [6, 6.07) is 0. The molecule has 0 atom stereocenters. The van der Waals surface area contributed by atoms with E-state index in [1.807, 2.05) is 0 Å². The van der Waals surface area contributed by atoms with Gasteiger partial charge in [-0.05, 0) is 35.2 Å². The van der Waals surface area contributed by atoms with Crippen molar-refractivity contribution in [1.82, 2.24) is 25.3 Å². The van der Waals surface area contributed by atoms with Crippen molar-refractivity contribution in [2.45, 2.75) is 0 Å². The molecule has 0 saturated carbocycles. The van der Waals surface area contributed by atoms with E-state index >= 15 is 0 Å². The Morgan fingerprint density at radius 1 is 0.591 bits per heavy atom. The highest BCUT2D eigenvalue weighted by Crippen LogP contribution is 1.84. The molecule has 0 aromatic carbocycles. The molecule has 0 aromatic rings. The highest BCUT2D eigenvalue weighted by atomic mass is 15.2. The third kappa shape index (κ3) is 24.7. The van der Waals surface area contributed by atoms with Crippen LogP contribution in [0.2, 0.25) is 0 Å². The van der Waals surface area contributed by atoms with Crippen molar-refractivity contribution in [3.8, 4) is 0 Å². The summed E-state index contributed by atoms with van der Waals surface area (Å²) in [6.07, 6.45) is 0. The van der Waals surface area contributed by atoms with E-state index in [1.54, 1.807) is 0 Å². The number of nitrogens with two attached hydrogens (primary N) is 2. The van der Waals surface area contributed by atoms with E-state index in [0.717, 1.165) is 52.4 Å². The molecule has 0 unspecified atom stereocenters. The molecule has 6 N–H and O–H groups in total. The van der Waals surface area contributed by atoms with Crippen molar-refractivity contribution in [1.29, 1.82) is 0 Å². The number of likely N-dealkylation sites (N-methyl/N-ethyl adjacent to an activating group) is 3. The summed E-state index contributed by atoms with van der Waals surface area (Å²) < 4.78 is 0. The number of hydrogen-bond acceptors (Lipinski definition) is 7. The third-order valence-electron chi connectivity index (χ3n) is 2.98. The largest absolute Gasteiger partial charge is 0.329 e. The van der Waals surface area contributed by atoms with E-state index in [2.05, 4.69) is 60.6 Å². The van der Waals surface area contributed by atoms with Crippen LogP contribution in [-0.4, -0.2) is 115 Å². The Hall–Kier alpha value is -0.280. The zero-order valence-corrected chi connectivity index (χ0v) is 15.6. The minimum absolute atomic E-state index is 0.705. The zero-order chi connectivity index (χ0) is 17.2. The maximum Gasteiger partial charge on any atom is 0.0107 e. The summed E-state index contributed by atoms with van der Waals surface area (Å²) in [6.45, 7) is 9.73. The van der Waals surface area contributed by atoms with Gasteiger partial charge in [-0.3, -0.25) is 0 Å². The van der Waals surface area contributed by atoms with Gasteiger partial charge >= 0.3 is 0 Å². The van der Waals surface area contributed by atoms with Gasteiger partial charge in [-0.15, -0.1) is 0 Å². The second kappa shape index (κ2) is 18.8. The normalized spacial score (nSPS) is 11.2. The van der Waals surface area contributed by atoms with Crippen LogP contribution in [0.3, 0.4) is 0 Å². The second-order valence-corrected chi connectivity index (χ2v) is 5.99. The highest BCUT2D eigenvalue weighted by molar-refractivity contribution is 4.55. The first kappa shape index (κ1) is 24.0. The molecule has 0 aliphatic carbocycles. The topological polar surface area (TPSA) is 85.8 Å². The molecular formula is C15H41N7. The van der Waals surface area contributed by atoms with E-state index in [-0.39, 0.29) is 0 Å². The summed E-state index contributed by atoms with van der Waals surface area (Å²) >= 11 is 0. The van der Waals surface area contributed by atoms with Gasteiger partial charge in [0.25, 0.3) is 0 Å². The number of rotatable bonds is 13. The molecule has 22 heavy (non-hydrogen) atoms. The minimum atomic E-state index is 0.705. The van der Waals surface area contributed by atoms with Gasteiger partial charge in [0, 0.05) is 65.4 Å². The van der Waals surface area contributed by atoms with Gasteiger partial charge in [0.05, 0.1) is 0 Å². The predicted molar refractivity (Wildman–Crippen MR) is 98.5 cm³/mol. The fraction of sp³-hybridized carbons (Fsp3) is 1.00. The lowest BCUT2D eigenvalue weighted by Gasteiger charge is -2.20. The van der Waals surface area contributed by atoms with Crippen LogP contribution in [0.4, 0.5) is 0 Å². The summed E-state index contributed by atoms with van der Waals surface area (Å²) in [4.78, 5) is 6.79. The van der Waals surface area contributed by atoms with Crippen molar-refractivity contribution in [2.75, 3.05) is 101 Å². The van der Waals surface area contributed by atoms with Gasteiger partial charge in [-0.2, -0.15) is 0 Å². The second-order valence-electron chi connectivity index (χ2n) is 5.99. The van der Waals surface area contributed by atoms with Crippen LogP contribution in [0, 0.1) is 0 Å². The maximum atomic E-state index is 5.27. The van der Waals surface area contributed by atoms with Crippen molar-refractivity contribution in [3.63, 3.8) is 0 Å². The van der Waals surface area contributed by atoms with Crippen LogP contribution in [0.25, 0.3) is 0 Å². The molecule has 0 amide bonds. The van der Waals surface area contributed by atoms with Gasteiger partial charge in [-0.25, -0.2) is 0 Å². The van der Waals surface area contributed by atoms with Gasteiger partial charge < -0.3 is 36.8 Å².